The van der Waals surface area contributed by atoms with Crippen LogP contribution in [0.4, 0.5) is 5.69 Å². The molecule has 4 rings (SSSR count). The quantitative estimate of drug-likeness (QED) is 0.520. The molecule has 0 heterocycles. The first-order valence-electron chi connectivity index (χ1n) is 11.5. The molecule has 0 radical (unpaired) electrons. The predicted molar refractivity (Wildman–Crippen MR) is 132 cm³/mol. The van der Waals surface area contributed by atoms with Crippen molar-refractivity contribution in [1.29, 1.82) is 0 Å². The van der Waals surface area contributed by atoms with Crippen LogP contribution in [-0.4, -0.2) is 21.4 Å². The van der Waals surface area contributed by atoms with Crippen molar-refractivity contribution >= 4 is 21.6 Å². The lowest BCUT2D eigenvalue weighted by atomic mass is 9.88. The lowest BCUT2D eigenvalue weighted by Crippen LogP contribution is -2.32. The van der Waals surface area contributed by atoms with E-state index >= 15 is 0 Å². The number of amides is 1. The highest BCUT2D eigenvalue weighted by atomic mass is 32.2. The summed E-state index contributed by atoms with van der Waals surface area (Å²) in [6, 6.07) is 21.4. The van der Waals surface area contributed by atoms with Crippen LogP contribution in [0.3, 0.4) is 0 Å². The summed E-state index contributed by atoms with van der Waals surface area (Å²) in [5, 5.41) is 3.13. The molecule has 0 unspecified atom stereocenters. The van der Waals surface area contributed by atoms with E-state index in [4.69, 9.17) is 0 Å². The van der Waals surface area contributed by atoms with E-state index in [1.165, 1.54) is 35.3 Å². The third-order valence-corrected chi connectivity index (χ3v) is 8.16. The molecular formula is C27H30N2O3S. The summed E-state index contributed by atoms with van der Waals surface area (Å²) in [6.45, 7) is 2.04. The van der Waals surface area contributed by atoms with E-state index in [1.54, 1.807) is 54.6 Å². The monoisotopic (exact) mass is 462 g/mol. The van der Waals surface area contributed by atoms with Crippen molar-refractivity contribution in [2.24, 2.45) is 0 Å². The van der Waals surface area contributed by atoms with Gasteiger partial charge in [0.05, 0.1) is 22.2 Å². The molecule has 0 saturated heterocycles. The molecule has 3 aromatic carbocycles. The van der Waals surface area contributed by atoms with Gasteiger partial charge in [-0.25, -0.2) is 8.42 Å². The number of para-hydroxylation sites is 1. The number of fused-ring (bicyclic) bond motifs is 1. The molecule has 1 amide bonds. The summed E-state index contributed by atoms with van der Waals surface area (Å²) in [4.78, 5) is 13.5. The molecule has 0 fully saturated rings. The predicted octanol–water partition coefficient (Wildman–Crippen LogP) is 5.27. The van der Waals surface area contributed by atoms with Crippen LogP contribution in [0.5, 0.6) is 0 Å². The van der Waals surface area contributed by atoms with E-state index in [2.05, 4.69) is 23.5 Å². The maximum absolute atomic E-state index is 13.3. The molecule has 0 aromatic heterocycles. The number of nitrogens with zero attached hydrogens (tertiary/aromatic N) is 1. The lowest BCUT2D eigenvalue weighted by Gasteiger charge is -2.24. The van der Waals surface area contributed by atoms with E-state index in [-0.39, 0.29) is 16.8 Å². The zero-order valence-electron chi connectivity index (χ0n) is 19.1. The topological polar surface area (TPSA) is 66.5 Å². The first-order chi connectivity index (χ1) is 15.9. The minimum Gasteiger partial charge on any atom is -0.345 e. The standard InChI is InChI=1S/C27H30N2O3S/c1-3-25(22-18-17-20-11-7-8-12-21(20)19-22)28-27(30)24-15-9-10-16-26(24)29(2)33(31,32)23-13-5-4-6-14-23/h4-6,9-10,13-19,25H,3,7-8,11-12H2,1-2H3,(H,28,30)/t25-/m0/s1. The van der Waals surface area contributed by atoms with Gasteiger partial charge in [0.2, 0.25) is 0 Å². The third kappa shape index (κ3) is 4.81. The highest BCUT2D eigenvalue weighted by molar-refractivity contribution is 7.92. The second kappa shape index (κ2) is 9.79. The number of aryl methyl sites for hydroxylation is 2. The minimum atomic E-state index is -3.79. The highest BCUT2D eigenvalue weighted by Gasteiger charge is 2.26. The number of benzene rings is 3. The SMILES string of the molecule is CC[C@H](NC(=O)c1ccccc1N(C)S(=O)(=O)c1ccccc1)c1ccc2c(c1)CCCC2. The summed E-state index contributed by atoms with van der Waals surface area (Å²) in [5.41, 5.74) is 4.55. The maximum atomic E-state index is 13.3. The van der Waals surface area contributed by atoms with Crippen molar-refractivity contribution < 1.29 is 13.2 Å². The maximum Gasteiger partial charge on any atom is 0.264 e. The van der Waals surface area contributed by atoms with Crippen molar-refractivity contribution in [2.75, 3.05) is 11.4 Å². The number of carbonyl (C=O) groups excluding carboxylic acids is 1. The first kappa shape index (κ1) is 23.1. The fraction of sp³-hybridized carbons (Fsp3) is 0.296. The number of sulfonamides is 1. The Morgan fingerprint density at radius 1 is 0.939 bits per heavy atom. The summed E-state index contributed by atoms with van der Waals surface area (Å²) in [6.07, 6.45) is 5.38. The largest absolute Gasteiger partial charge is 0.345 e. The summed E-state index contributed by atoms with van der Waals surface area (Å²) in [7, 11) is -2.31. The average Bonchev–Trinajstić information content (AvgIpc) is 2.86. The van der Waals surface area contributed by atoms with Crippen molar-refractivity contribution in [2.45, 2.75) is 50.0 Å². The Morgan fingerprint density at radius 3 is 2.33 bits per heavy atom. The van der Waals surface area contributed by atoms with Crippen molar-refractivity contribution in [3.8, 4) is 0 Å². The lowest BCUT2D eigenvalue weighted by molar-refractivity contribution is 0.0936. The molecule has 0 saturated carbocycles. The molecule has 6 heteroatoms. The molecule has 1 N–H and O–H groups in total. The minimum absolute atomic E-state index is 0.145. The number of rotatable bonds is 7. The van der Waals surface area contributed by atoms with Crippen LogP contribution in [0, 0.1) is 0 Å². The Labute approximate surface area is 196 Å². The Kier molecular flexibility index (Phi) is 6.84. The zero-order chi connectivity index (χ0) is 23.4. The molecule has 0 bridgehead atoms. The molecule has 5 nitrogen and oxygen atoms in total. The second-order valence-corrected chi connectivity index (χ2v) is 10.4. The highest BCUT2D eigenvalue weighted by Crippen LogP contribution is 2.28. The van der Waals surface area contributed by atoms with E-state index in [0.29, 0.717) is 11.3 Å². The number of anilines is 1. The van der Waals surface area contributed by atoms with Crippen molar-refractivity contribution in [3.05, 3.63) is 95.1 Å². The Morgan fingerprint density at radius 2 is 1.61 bits per heavy atom. The van der Waals surface area contributed by atoms with Crippen LogP contribution in [-0.2, 0) is 22.9 Å². The fourth-order valence-electron chi connectivity index (χ4n) is 4.45. The Balaban J connectivity index is 1.60. The third-order valence-electron chi connectivity index (χ3n) is 6.38. The van der Waals surface area contributed by atoms with Gasteiger partial charge in [0.1, 0.15) is 0 Å². The first-order valence-corrected chi connectivity index (χ1v) is 12.9. The molecule has 0 spiro atoms. The van der Waals surface area contributed by atoms with Crippen LogP contribution in [0.15, 0.2) is 77.7 Å². The molecule has 1 aliphatic carbocycles. The van der Waals surface area contributed by atoms with Gasteiger partial charge in [-0.15, -0.1) is 0 Å². The van der Waals surface area contributed by atoms with E-state index in [0.717, 1.165) is 24.8 Å². The molecule has 1 atom stereocenters. The normalized spacial score (nSPS) is 14.2. The van der Waals surface area contributed by atoms with E-state index < -0.39 is 10.0 Å². The molecule has 3 aromatic rings. The molecule has 33 heavy (non-hydrogen) atoms. The van der Waals surface area contributed by atoms with Gasteiger partial charge in [0, 0.05) is 7.05 Å². The smallest absolute Gasteiger partial charge is 0.264 e. The second-order valence-electron chi connectivity index (χ2n) is 8.47. The van der Waals surface area contributed by atoms with Gasteiger partial charge >= 0.3 is 0 Å². The summed E-state index contributed by atoms with van der Waals surface area (Å²) in [5.74, 6) is -0.287. The van der Waals surface area contributed by atoms with Gasteiger partial charge in [-0.05, 0) is 73.1 Å². The average molecular weight is 463 g/mol. The Bertz CT molecular complexity index is 1240. The van der Waals surface area contributed by atoms with Crippen LogP contribution < -0.4 is 9.62 Å². The number of nitrogens with one attached hydrogen (secondary N) is 1. The molecule has 172 valence electrons. The Hall–Kier alpha value is -3.12. The molecule has 0 aliphatic heterocycles. The van der Waals surface area contributed by atoms with E-state index in [1.807, 2.05) is 6.92 Å². The zero-order valence-corrected chi connectivity index (χ0v) is 19.9. The number of carbonyl (C=O) groups is 1. The van der Waals surface area contributed by atoms with Crippen molar-refractivity contribution in [3.63, 3.8) is 0 Å². The van der Waals surface area contributed by atoms with Gasteiger partial charge in [0.25, 0.3) is 15.9 Å². The number of hydrogen-bond acceptors (Lipinski definition) is 3. The van der Waals surface area contributed by atoms with Crippen molar-refractivity contribution in [1.82, 2.24) is 5.32 Å². The summed E-state index contributed by atoms with van der Waals surface area (Å²) >= 11 is 0. The van der Waals surface area contributed by atoms with Gasteiger partial charge in [-0.1, -0.05) is 55.5 Å². The van der Waals surface area contributed by atoms with Crippen LogP contribution in [0.1, 0.15) is 59.3 Å². The van der Waals surface area contributed by atoms with Crippen LogP contribution in [0.2, 0.25) is 0 Å². The fourth-order valence-corrected chi connectivity index (χ4v) is 5.68. The molecule has 1 aliphatic rings. The van der Waals surface area contributed by atoms with E-state index in [9.17, 15) is 13.2 Å². The molecular weight excluding hydrogens is 432 g/mol. The van der Waals surface area contributed by atoms with Crippen LogP contribution in [0.25, 0.3) is 0 Å². The summed E-state index contributed by atoms with van der Waals surface area (Å²) < 4.78 is 27.5. The number of hydrogen-bond donors (Lipinski definition) is 1. The van der Waals surface area contributed by atoms with Gasteiger partial charge in [-0.2, -0.15) is 0 Å². The van der Waals surface area contributed by atoms with Gasteiger partial charge in [-0.3, -0.25) is 9.10 Å². The van der Waals surface area contributed by atoms with Gasteiger partial charge in [0.15, 0.2) is 0 Å². The van der Waals surface area contributed by atoms with Gasteiger partial charge < -0.3 is 5.32 Å². The van der Waals surface area contributed by atoms with Crippen LogP contribution >= 0.6 is 0 Å².